The number of halogens is 3. The van der Waals surface area contributed by atoms with Gasteiger partial charge in [-0.1, -0.05) is 25.5 Å². The zero-order valence-corrected chi connectivity index (χ0v) is 19.4. The number of nitrogens with zero attached hydrogens (tertiary/aromatic N) is 3. The molecule has 1 aliphatic carbocycles. The van der Waals surface area contributed by atoms with Crippen LogP contribution in [0.1, 0.15) is 50.2 Å². The van der Waals surface area contributed by atoms with Crippen molar-refractivity contribution in [3.63, 3.8) is 0 Å². The summed E-state index contributed by atoms with van der Waals surface area (Å²) >= 11 is 0. The number of alkyl halides is 3. The van der Waals surface area contributed by atoms with Gasteiger partial charge in [0.2, 0.25) is 5.91 Å². The summed E-state index contributed by atoms with van der Waals surface area (Å²) in [5.41, 5.74) is -0.758. The Bertz CT molecular complexity index is 918. The topological polar surface area (TPSA) is 73.0 Å². The molecule has 186 valence electrons. The van der Waals surface area contributed by atoms with Gasteiger partial charge in [0.05, 0.1) is 5.56 Å². The fraction of sp³-hybridized carbons (Fsp3) is 0.625. The first kappa shape index (κ1) is 24.5. The van der Waals surface area contributed by atoms with E-state index in [4.69, 9.17) is 0 Å². The summed E-state index contributed by atoms with van der Waals surface area (Å²) in [5.74, 6) is 0.0168. The summed E-state index contributed by atoms with van der Waals surface area (Å²) in [5, 5.41) is 2.86. The summed E-state index contributed by atoms with van der Waals surface area (Å²) in [4.78, 5) is 43.2. The van der Waals surface area contributed by atoms with Crippen LogP contribution in [0.5, 0.6) is 0 Å². The summed E-state index contributed by atoms with van der Waals surface area (Å²) in [6.45, 7) is 4.37. The van der Waals surface area contributed by atoms with Crippen molar-refractivity contribution >= 4 is 17.8 Å². The molecule has 0 unspecified atom stereocenters. The molecule has 1 spiro atoms. The lowest BCUT2D eigenvalue weighted by molar-refractivity contribution is -0.140. The third kappa shape index (κ3) is 5.06. The molecule has 7 nitrogen and oxygen atoms in total. The number of carbonyl (C=O) groups is 3. The molecular formula is C24H31F3N4O3. The first-order valence-corrected chi connectivity index (χ1v) is 11.9. The van der Waals surface area contributed by atoms with E-state index in [1.54, 1.807) is 4.90 Å². The average molecular weight is 481 g/mol. The van der Waals surface area contributed by atoms with E-state index in [1.165, 1.54) is 12.1 Å². The molecule has 0 atom stereocenters. The Morgan fingerprint density at radius 1 is 1.06 bits per heavy atom. The molecule has 0 bridgehead atoms. The van der Waals surface area contributed by atoms with Crippen molar-refractivity contribution in [2.75, 3.05) is 32.7 Å². The van der Waals surface area contributed by atoms with Crippen LogP contribution in [0.3, 0.4) is 0 Å². The first-order valence-electron chi connectivity index (χ1n) is 11.9. The Morgan fingerprint density at radius 2 is 1.68 bits per heavy atom. The lowest BCUT2D eigenvalue weighted by Gasteiger charge is -2.36. The molecule has 4 amide bonds. The van der Waals surface area contributed by atoms with Gasteiger partial charge in [0.1, 0.15) is 12.1 Å². The number of urea groups is 1. The smallest absolute Gasteiger partial charge is 0.339 e. The molecule has 2 heterocycles. The number of benzene rings is 1. The normalized spacial score (nSPS) is 26.3. The monoisotopic (exact) mass is 480 g/mol. The molecule has 0 aromatic heterocycles. The fourth-order valence-corrected chi connectivity index (χ4v) is 5.19. The fourth-order valence-electron chi connectivity index (χ4n) is 5.19. The molecule has 1 saturated carbocycles. The van der Waals surface area contributed by atoms with Crippen LogP contribution in [0, 0.1) is 5.92 Å². The molecule has 4 rings (SSSR count). The number of imide groups is 1. The molecule has 2 aliphatic heterocycles. The molecular weight excluding hydrogens is 449 g/mol. The standard InChI is InChI=1S/C24H31F3N4O3/c1-2-17-7-9-23(10-8-17)21(33)31(22(34)28-23)16-20(32)30-13-11-29(12-14-30)15-18-3-5-19(6-4-18)24(25,26)27/h3-6,17H,2,7-16H2,1H3,(H,28,34). The Morgan fingerprint density at radius 3 is 2.24 bits per heavy atom. The molecule has 1 N–H and O–H groups in total. The van der Waals surface area contributed by atoms with Gasteiger partial charge in [0.25, 0.3) is 5.91 Å². The van der Waals surface area contributed by atoms with Crippen LogP contribution < -0.4 is 5.32 Å². The van der Waals surface area contributed by atoms with Crippen LogP contribution in [0.15, 0.2) is 24.3 Å². The van der Waals surface area contributed by atoms with Crippen molar-refractivity contribution in [3.8, 4) is 0 Å². The summed E-state index contributed by atoms with van der Waals surface area (Å²) in [7, 11) is 0. The van der Waals surface area contributed by atoms with Crippen molar-refractivity contribution < 1.29 is 27.6 Å². The van der Waals surface area contributed by atoms with Gasteiger partial charge < -0.3 is 10.2 Å². The highest BCUT2D eigenvalue weighted by atomic mass is 19.4. The maximum Gasteiger partial charge on any atom is 0.416 e. The highest BCUT2D eigenvalue weighted by molar-refractivity contribution is 6.09. The lowest BCUT2D eigenvalue weighted by atomic mass is 9.75. The number of hydrogen-bond donors (Lipinski definition) is 1. The van der Waals surface area contributed by atoms with Gasteiger partial charge in [-0.2, -0.15) is 13.2 Å². The van der Waals surface area contributed by atoms with Crippen LogP contribution in [0.4, 0.5) is 18.0 Å². The van der Waals surface area contributed by atoms with Crippen molar-refractivity contribution in [2.45, 2.75) is 57.3 Å². The third-order valence-corrected chi connectivity index (χ3v) is 7.49. The Kier molecular flexibility index (Phi) is 6.89. The van der Waals surface area contributed by atoms with E-state index in [0.717, 1.165) is 41.9 Å². The van der Waals surface area contributed by atoms with Gasteiger partial charge in [-0.25, -0.2) is 4.79 Å². The predicted octanol–water partition coefficient (Wildman–Crippen LogP) is 3.24. The van der Waals surface area contributed by atoms with E-state index < -0.39 is 23.3 Å². The Hall–Kier alpha value is -2.62. The van der Waals surface area contributed by atoms with Gasteiger partial charge in [-0.05, 0) is 49.3 Å². The average Bonchev–Trinajstić information content (AvgIpc) is 3.04. The van der Waals surface area contributed by atoms with E-state index in [0.29, 0.717) is 51.5 Å². The number of rotatable bonds is 5. The van der Waals surface area contributed by atoms with E-state index in [-0.39, 0.29) is 18.4 Å². The molecule has 1 aromatic carbocycles. The lowest BCUT2D eigenvalue weighted by Crippen LogP contribution is -2.52. The van der Waals surface area contributed by atoms with Crippen molar-refractivity contribution in [1.82, 2.24) is 20.0 Å². The molecule has 3 fully saturated rings. The Labute approximate surface area is 197 Å². The van der Waals surface area contributed by atoms with Crippen LogP contribution in [-0.4, -0.2) is 70.8 Å². The number of carbonyl (C=O) groups excluding carboxylic acids is 3. The number of hydrogen-bond acceptors (Lipinski definition) is 4. The highest BCUT2D eigenvalue weighted by Gasteiger charge is 2.52. The molecule has 3 aliphatic rings. The van der Waals surface area contributed by atoms with Crippen molar-refractivity contribution in [2.24, 2.45) is 5.92 Å². The summed E-state index contributed by atoms with van der Waals surface area (Å²) in [6, 6.07) is 4.61. The largest absolute Gasteiger partial charge is 0.416 e. The minimum absolute atomic E-state index is 0.261. The van der Waals surface area contributed by atoms with E-state index in [1.807, 2.05) is 0 Å². The van der Waals surface area contributed by atoms with Crippen LogP contribution >= 0.6 is 0 Å². The molecule has 2 saturated heterocycles. The summed E-state index contributed by atoms with van der Waals surface area (Å²) in [6.07, 6.45) is -0.277. The minimum Gasteiger partial charge on any atom is -0.339 e. The van der Waals surface area contributed by atoms with Crippen LogP contribution in [0.25, 0.3) is 0 Å². The SMILES string of the molecule is CCC1CCC2(CC1)NC(=O)N(CC(=O)N1CCN(Cc3ccc(C(F)(F)F)cc3)CC1)C2=O. The number of nitrogens with one attached hydrogen (secondary N) is 1. The van der Waals surface area contributed by atoms with Gasteiger partial charge in [0.15, 0.2) is 0 Å². The van der Waals surface area contributed by atoms with E-state index in [9.17, 15) is 27.6 Å². The maximum absolute atomic E-state index is 13.0. The summed E-state index contributed by atoms with van der Waals surface area (Å²) < 4.78 is 38.2. The van der Waals surface area contributed by atoms with Gasteiger partial charge in [-0.15, -0.1) is 0 Å². The van der Waals surface area contributed by atoms with Gasteiger partial charge in [0, 0.05) is 32.7 Å². The molecule has 34 heavy (non-hydrogen) atoms. The second kappa shape index (κ2) is 9.56. The zero-order valence-electron chi connectivity index (χ0n) is 19.4. The minimum atomic E-state index is -4.35. The van der Waals surface area contributed by atoms with Gasteiger partial charge in [-0.3, -0.25) is 19.4 Å². The van der Waals surface area contributed by atoms with Crippen molar-refractivity contribution in [1.29, 1.82) is 0 Å². The molecule has 0 radical (unpaired) electrons. The second-order valence-electron chi connectivity index (χ2n) is 9.61. The number of piperazine rings is 1. The number of amides is 4. The van der Waals surface area contributed by atoms with Crippen molar-refractivity contribution in [3.05, 3.63) is 35.4 Å². The molecule has 1 aromatic rings. The van der Waals surface area contributed by atoms with Crippen LogP contribution in [-0.2, 0) is 22.3 Å². The zero-order chi connectivity index (χ0) is 24.5. The predicted molar refractivity (Wildman–Crippen MR) is 119 cm³/mol. The highest BCUT2D eigenvalue weighted by Crippen LogP contribution is 2.37. The van der Waals surface area contributed by atoms with E-state index in [2.05, 4.69) is 17.1 Å². The van der Waals surface area contributed by atoms with Crippen LogP contribution in [0.2, 0.25) is 0 Å². The quantitative estimate of drug-likeness (QED) is 0.657. The molecule has 10 heteroatoms. The first-order chi connectivity index (χ1) is 16.1. The van der Waals surface area contributed by atoms with Gasteiger partial charge >= 0.3 is 12.2 Å². The maximum atomic E-state index is 13.0. The Balaban J connectivity index is 1.27. The van der Waals surface area contributed by atoms with E-state index >= 15 is 0 Å². The second-order valence-corrected chi connectivity index (χ2v) is 9.61. The third-order valence-electron chi connectivity index (χ3n) is 7.49.